The number of aromatic nitrogens is 2. The van der Waals surface area contributed by atoms with Gasteiger partial charge in [-0.1, -0.05) is 0 Å². The Morgan fingerprint density at radius 3 is 3.08 bits per heavy atom. The first-order valence-corrected chi connectivity index (χ1v) is 8.91. The van der Waals surface area contributed by atoms with Gasteiger partial charge in [0.1, 0.15) is 0 Å². The van der Waals surface area contributed by atoms with Crippen LogP contribution in [0.2, 0.25) is 0 Å². The van der Waals surface area contributed by atoms with Crippen LogP contribution < -0.4 is 15.5 Å². The van der Waals surface area contributed by atoms with Gasteiger partial charge in [-0.2, -0.15) is 5.10 Å². The first-order valence-electron chi connectivity index (χ1n) is 8.91. The minimum absolute atomic E-state index is 0.0366. The monoisotopic (exact) mass is 333 g/mol. The molecule has 0 radical (unpaired) electrons. The Hall–Kier alpha value is -1.73. The Balaban J connectivity index is 1.43. The van der Waals surface area contributed by atoms with Crippen LogP contribution in [0.5, 0.6) is 0 Å². The van der Waals surface area contributed by atoms with Crippen molar-refractivity contribution in [3.05, 3.63) is 18.3 Å². The molecule has 2 aliphatic rings. The van der Waals surface area contributed by atoms with E-state index < -0.39 is 0 Å². The summed E-state index contributed by atoms with van der Waals surface area (Å²) in [5, 5.41) is 14.5. The summed E-state index contributed by atoms with van der Waals surface area (Å²) < 4.78 is 5.53. The van der Waals surface area contributed by atoms with E-state index in [1.54, 1.807) is 6.20 Å². The first kappa shape index (κ1) is 17.1. The summed E-state index contributed by atoms with van der Waals surface area (Å²) in [5.74, 6) is 0.951. The van der Waals surface area contributed by atoms with E-state index in [9.17, 15) is 4.79 Å². The van der Waals surface area contributed by atoms with Gasteiger partial charge in [-0.05, 0) is 44.7 Å². The zero-order valence-corrected chi connectivity index (χ0v) is 14.3. The fourth-order valence-corrected chi connectivity index (χ4v) is 3.37. The van der Waals surface area contributed by atoms with Gasteiger partial charge in [-0.15, -0.1) is 5.10 Å². The van der Waals surface area contributed by atoms with Gasteiger partial charge in [-0.3, -0.25) is 4.79 Å². The third kappa shape index (κ3) is 4.42. The van der Waals surface area contributed by atoms with Crippen molar-refractivity contribution in [1.82, 2.24) is 20.8 Å². The van der Waals surface area contributed by atoms with E-state index >= 15 is 0 Å². The van der Waals surface area contributed by atoms with Crippen molar-refractivity contribution in [2.75, 3.05) is 31.1 Å². The van der Waals surface area contributed by atoms with Gasteiger partial charge in [0.2, 0.25) is 5.91 Å². The zero-order valence-electron chi connectivity index (χ0n) is 14.3. The Morgan fingerprint density at radius 2 is 2.33 bits per heavy atom. The van der Waals surface area contributed by atoms with E-state index in [1.165, 1.54) is 0 Å². The highest BCUT2D eigenvalue weighted by Crippen LogP contribution is 2.22. The van der Waals surface area contributed by atoms with Gasteiger partial charge >= 0.3 is 0 Å². The van der Waals surface area contributed by atoms with Crippen molar-refractivity contribution in [3.8, 4) is 0 Å². The van der Waals surface area contributed by atoms with Crippen LogP contribution in [-0.2, 0) is 9.53 Å². The molecule has 0 aromatic carbocycles. The molecule has 3 atom stereocenters. The molecule has 2 fully saturated rings. The third-order valence-corrected chi connectivity index (χ3v) is 4.81. The summed E-state index contributed by atoms with van der Waals surface area (Å²) in [6, 6.07) is 4.04. The Kier molecular flexibility index (Phi) is 5.98. The molecule has 1 aromatic rings. The average Bonchev–Trinajstić information content (AvgIpc) is 3.29. The number of nitrogens with zero attached hydrogens (tertiary/aromatic N) is 3. The Bertz CT molecular complexity index is 521. The molecule has 1 aromatic heterocycles. The Labute approximate surface area is 143 Å². The smallest absolute Gasteiger partial charge is 0.236 e. The van der Waals surface area contributed by atoms with E-state index in [-0.39, 0.29) is 18.1 Å². The molecule has 0 aliphatic carbocycles. The fourth-order valence-electron chi connectivity index (χ4n) is 3.37. The maximum absolute atomic E-state index is 12.2. The molecule has 0 unspecified atom stereocenters. The lowest BCUT2D eigenvalue weighted by Crippen LogP contribution is -2.48. The summed E-state index contributed by atoms with van der Waals surface area (Å²) >= 11 is 0. The minimum atomic E-state index is -0.212. The number of amides is 1. The number of hydrogen-bond donors (Lipinski definition) is 2. The summed E-state index contributed by atoms with van der Waals surface area (Å²) in [6.45, 7) is 5.09. The largest absolute Gasteiger partial charge is 0.376 e. The number of rotatable bonds is 7. The highest BCUT2D eigenvalue weighted by atomic mass is 16.5. The second kappa shape index (κ2) is 8.39. The van der Waals surface area contributed by atoms with Crippen LogP contribution in [0, 0.1) is 0 Å². The van der Waals surface area contributed by atoms with Gasteiger partial charge in [0.05, 0.1) is 12.1 Å². The van der Waals surface area contributed by atoms with Gasteiger partial charge in [0.25, 0.3) is 0 Å². The molecule has 7 heteroatoms. The lowest BCUT2D eigenvalue weighted by atomic mass is 10.2. The predicted octanol–water partition coefficient (Wildman–Crippen LogP) is 0.719. The normalized spacial score (nSPS) is 25.0. The lowest BCUT2D eigenvalue weighted by Gasteiger charge is -2.26. The van der Waals surface area contributed by atoms with Crippen molar-refractivity contribution in [2.45, 2.75) is 50.8 Å². The van der Waals surface area contributed by atoms with Crippen LogP contribution in [0.15, 0.2) is 18.3 Å². The average molecular weight is 333 g/mol. The van der Waals surface area contributed by atoms with Gasteiger partial charge < -0.3 is 20.3 Å². The molecule has 24 heavy (non-hydrogen) atoms. The summed E-state index contributed by atoms with van der Waals surface area (Å²) in [4.78, 5) is 14.5. The molecule has 0 saturated carbocycles. The highest BCUT2D eigenvalue weighted by molar-refractivity contribution is 5.81. The number of carbonyl (C=O) groups excluding carboxylic acids is 1. The molecular formula is C17H27N5O2. The fraction of sp³-hybridized carbons (Fsp3) is 0.706. The Morgan fingerprint density at radius 1 is 1.42 bits per heavy atom. The molecule has 2 aliphatic heterocycles. The molecule has 3 rings (SSSR count). The van der Waals surface area contributed by atoms with E-state index in [4.69, 9.17) is 4.74 Å². The molecule has 2 N–H and O–H groups in total. The van der Waals surface area contributed by atoms with Crippen molar-refractivity contribution >= 4 is 11.7 Å². The SMILES string of the molecule is C[C@H](NC[C@@H]1CCCN1c1cccnn1)C(=O)NC[C@@H]1CCCO1. The summed E-state index contributed by atoms with van der Waals surface area (Å²) in [7, 11) is 0. The molecule has 7 nitrogen and oxygen atoms in total. The van der Waals surface area contributed by atoms with E-state index in [1.807, 2.05) is 19.1 Å². The first-order chi connectivity index (χ1) is 11.7. The van der Waals surface area contributed by atoms with E-state index in [0.29, 0.717) is 12.6 Å². The standard InChI is InChI=1S/C17H27N5O2/c1-13(17(23)19-12-15-6-4-10-24-15)18-11-14-5-3-9-22(14)16-7-2-8-20-21-16/h2,7-8,13-15,18H,3-6,9-12H2,1H3,(H,19,23)/t13-,14-,15-/m0/s1. The maximum atomic E-state index is 12.2. The number of ether oxygens (including phenoxy) is 1. The van der Waals surface area contributed by atoms with E-state index in [0.717, 1.165) is 51.2 Å². The van der Waals surface area contributed by atoms with Crippen LogP contribution in [0.25, 0.3) is 0 Å². The number of carbonyl (C=O) groups is 1. The van der Waals surface area contributed by atoms with Crippen molar-refractivity contribution in [1.29, 1.82) is 0 Å². The molecule has 0 bridgehead atoms. The molecule has 3 heterocycles. The zero-order chi connectivity index (χ0) is 16.8. The second-order valence-electron chi connectivity index (χ2n) is 6.58. The molecular weight excluding hydrogens is 306 g/mol. The quantitative estimate of drug-likeness (QED) is 0.765. The van der Waals surface area contributed by atoms with E-state index in [2.05, 4.69) is 25.7 Å². The van der Waals surface area contributed by atoms with Crippen LogP contribution in [0.1, 0.15) is 32.6 Å². The number of anilines is 1. The molecule has 132 valence electrons. The van der Waals surface area contributed by atoms with Crippen LogP contribution >= 0.6 is 0 Å². The maximum Gasteiger partial charge on any atom is 0.236 e. The topological polar surface area (TPSA) is 79.4 Å². The van der Waals surface area contributed by atoms with Crippen molar-refractivity contribution in [3.63, 3.8) is 0 Å². The van der Waals surface area contributed by atoms with Crippen molar-refractivity contribution < 1.29 is 9.53 Å². The molecule has 2 saturated heterocycles. The molecule has 0 spiro atoms. The van der Waals surface area contributed by atoms with Gasteiger partial charge in [0.15, 0.2) is 5.82 Å². The second-order valence-corrected chi connectivity index (χ2v) is 6.58. The minimum Gasteiger partial charge on any atom is -0.376 e. The summed E-state index contributed by atoms with van der Waals surface area (Å²) in [5.41, 5.74) is 0. The van der Waals surface area contributed by atoms with Crippen LogP contribution in [0.4, 0.5) is 5.82 Å². The third-order valence-electron chi connectivity index (χ3n) is 4.81. The number of hydrogen-bond acceptors (Lipinski definition) is 6. The predicted molar refractivity (Wildman–Crippen MR) is 91.8 cm³/mol. The molecule has 1 amide bonds. The van der Waals surface area contributed by atoms with Crippen LogP contribution in [-0.4, -0.2) is 60.5 Å². The highest BCUT2D eigenvalue weighted by Gasteiger charge is 2.27. The van der Waals surface area contributed by atoms with Crippen molar-refractivity contribution in [2.24, 2.45) is 0 Å². The summed E-state index contributed by atoms with van der Waals surface area (Å²) in [6.07, 6.45) is 6.25. The number of nitrogens with one attached hydrogen (secondary N) is 2. The van der Waals surface area contributed by atoms with Gasteiger partial charge in [0, 0.05) is 38.5 Å². The van der Waals surface area contributed by atoms with Gasteiger partial charge in [-0.25, -0.2) is 0 Å². The lowest BCUT2D eigenvalue weighted by molar-refractivity contribution is -0.123. The van der Waals surface area contributed by atoms with Crippen LogP contribution in [0.3, 0.4) is 0 Å².